The summed E-state index contributed by atoms with van der Waals surface area (Å²) >= 11 is 0. The van der Waals surface area contributed by atoms with E-state index in [2.05, 4.69) is 5.32 Å². The third-order valence-corrected chi connectivity index (χ3v) is 3.45. The molecule has 1 aliphatic heterocycles. The van der Waals surface area contributed by atoms with Gasteiger partial charge in [-0.15, -0.1) is 0 Å². The van der Waals surface area contributed by atoms with Gasteiger partial charge in [-0.25, -0.2) is 4.79 Å². The zero-order valence-corrected chi connectivity index (χ0v) is 12.2. The quantitative estimate of drug-likeness (QED) is 0.559. The van der Waals surface area contributed by atoms with Crippen molar-refractivity contribution < 1.29 is 24.3 Å². The molecule has 0 saturated carbocycles. The topological polar surface area (TPSA) is 130 Å². The van der Waals surface area contributed by atoms with E-state index < -0.39 is 29.7 Å². The highest BCUT2D eigenvalue weighted by Crippen LogP contribution is 2.20. The molecule has 3 amide bonds. The first kappa shape index (κ1) is 16.9. The molecule has 21 heavy (non-hydrogen) atoms. The lowest BCUT2D eigenvalue weighted by Crippen LogP contribution is -2.44. The Morgan fingerprint density at radius 3 is 2.48 bits per heavy atom. The third-order valence-electron chi connectivity index (χ3n) is 3.45. The van der Waals surface area contributed by atoms with Crippen LogP contribution in [0.15, 0.2) is 0 Å². The van der Waals surface area contributed by atoms with Gasteiger partial charge < -0.3 is 21.1 Å². The Balaban J connectivity index is 2.60. The average molecular weight is 299 g/mol. The number of hydrogen-bond acceptors (Lipinski definition) is 4. The summed E-state index contributed by atoms with van der Waals surface area (Å²) < 4.78 is 0. The molecule has 0 radical (unpaired) electrons. The van der Waals surface area contributed by atoms with E-state index in [1.807, 2.05) is 13.8 Å². The lowest BCUT2D eigenvalue weighted by atomic mass is 10.1. The molecule has 1 fully saturated rings. The second-order valence-electron chi connectivity index (χ2n) is 5.45. The van der Waals surface area contributed by atoms with Crippen molar-refractivity contribution in [3.05, 3.63) is 0 Å². The summed E-state index contributed by atoms with van der Waals surface area (Å²) in [6.07, 6.45) is -0.115. The van der Waals surface area contributed by atoms with Gasteiger partial charge in [-0.2, -0.15) is 0 Å². The zero-order chi connectivity index (χ0) is 16.2. The van der Waals surface area contributed by atoms with E-state index in [-0.39, 0.29) is 37.8 Å². The molecule has 1 rings (SSSR count). The van der Waals surface area contributed by atoms with Gasteiger partial charge in [-0.1, -0.05) is 0 Å². The van der Waals surface area contributed by atoms with Crippen molar-refractivity contribution >= 4 is 23.7 Å². The number of primary amides is 1. The van der Waals surface area contributed by atoms with E-state index >= 15 is 0 Å². The lowest BCUT2D eigenvalue weighted by molar-refractivity contribution is -0.142. The number of hydrogen-bond donors (Lipinski definition) is 3. The molecule has 0 aromatic heterocycles. The average Bonchev–Trinajstić information content (AvgIpc) is 2.75. The fourth-order valence-corrected chi connectivity index (χ4v) is 2.24. The second kappa shape index (κ2) is 7.05. The van der Waals surface area contributed by atoms with Crippen LogP contribution < -0.4 is 11.1 Å². The summed E-state index contributed by atoms with van der Waals surface area (Å²) in [7, 11) is 0. The molecule has 1 unspecified atom stereocenters. The molecule has 2 atom stereocenters. The first-order valence-corrected chi connectivity index (χ1v) is 6.83. The molecule has 1 heterocycles. The highest BCUT2D eigenvalue weighted by atomic mass is 16.4. The minimum absolute atomic E-state index is 0.000400. The van der Waals surface area contributed by atoms with E-state index in [1.54, 1.807) is 4.90 Å². The van der Waals surface area contributed by atoms with Crippen LogP contribution in [0.1, 0.15) is 33.1 Å². The van der Waals surface area contributed by atoms with Crippen LogP contribution in [0.2, 0.25) is 0 Å². The Hall–Kier alpha value is -2.12. The highest BCUT2D eigenvalue weighted by molar-refractivity contribution is 5.91. The predicted octanol–water partition coefficient (Wildman–Crippen LogP) is -0.922. The van der Waals surface area contributed by atoms with Crippen LogP contribution in [-0.4, -0.2) is 52.3 Å². The zero-order valence-electron chi connectivity index (χ0n) is 12.2. The summed E-state index contributed by atoms with van der Waals surface area (Å²) in [4.78, 5) is 47.1. The molecule has 1 aliphatic rings. The van der Waals surface area contributed by atoms with E-state index in [9.17, 15) is 19.2 Å². The van der Waals surface area contributed by atoms with Crippen molar-refractivity contribution in [1.29, 1.82) is 0 Å². The highest BCUT2D eigenvalue weighted by Gasteiger charge is 2.36. The van der Waals surface area contributed by atoms with E-state index in [0.29, 0.717) is 0 Å². The van der Waals surface area contributed by atoms with Crippen LogP contribution in [-0.2, 0) is 19.2 Å². The molecule has 0 aliphatic carbocycles. The molecular formula is C13H21N3O5. The number of nitrogens with two attached hydrogens (primary N) is 1. The summed E-state index contributed by atoms with van der Waals surface area (Å²) in [5.74, 6) is -3.01. The lowest BCUT2D eigenvalue weighted by Gasteiger charge is -2.21. The van der Waals surface area contributed by atoms with Crippen molar-refractivity contribution in [2.24, 2.45) is 11.7 Å². The van der Waals surface area contributed by atoms with Gasteiger partial charge in [-0.05, 0) is 20.3 Å². The SMILES string of the molecule is CC(C)N1CC(C(=O)N[C@H](CCC(N)=O)C(=O)O)CC1=O. The summed E-state index contributed by atoms with van der Waals surface area (Å²) in [5, 5.41) is 11.4. The van der Waals surface area contributed by atoms with Crippen LogP contribution in [0.3, 0.4) is 0 Å². The second-order valence-corrected chi connectivity index (χ2v) is 5.45. The number of likely N-dealkylation sites (tertiary alicyclic amines) is 1. The van der Waals surface area contributed by atoms with Crippen molar-refractivity contribution in [2.75, 3.05) is 6.54 Å². The molecule has 0 aromatic carbocycles. The Bertz CT molecular complexity index is 449. The minimum Gasteiger partial charge on any atom is -0.480 e. The van der Waals surface area contributed by atoms with Gasteiger partial charge in [0.25, 0.3) is 0 Å². The molecule has 0 aromatic rings. The van der Waals surface area contributed by atoms with Crippen LogP contribution in [0.5, 0.6) is 0 Å². The molecule has 0 spiro atoms. The summed E-state index contributed by atoms with van der Waals surface area (Å²) in [6.45, 7) is 3.99. The van der Waals surface area contributed by atoms with Gasteiger partial charge in [0, 0.05) is 25.4 Å². The number of rotatable bonds is 7. The van der Waals surface area contributed by atoms with Crippen molar-refractivity contribution in [3.63, 3.8) is 0 Å². The third kappa shape index (κ3) is 4.73. The van der Waals surface area contributed by atoms with E-state index in [0.717, 1.165) is 0 Å². The number of nitrogens with zero attached hydrogens (tertiary/aromatic N) is 1. The standard InChI is InChI=1S/C13H21N3O5/c1-7(2)16-6-8(5-11(16)18)12(19)15-9(13(20)21)3-4-10(14)17/h7-9H,3-6H2,1-2H3,(H2,14,17)(H,15,19)(H,20,21)/t8?,9-/m1/s1. The van der Waals surface area contributed by atoms with Crippen molar-refractivity contribution in [2.45, 2.75) is 45.2 Å². The van der Waals surface area contributed by atoms with Crippen LogP contribution in [0, 0.1) is 5.92 Å². The van der Waals surface area contributed by atoms with Gasteiger partial charge in [0.05, 0.1) is 5.92 Å². The van der Waals surface area contributed by atoms with Crippen LogP contribution in [0.4, 0.5) is 0 Å². The summed E-state index contributed by atoms with van der Waals surface area (Å²) in [6, 6.07) is -1.17. The van der Waals surface area contributed by atoms with Crippen LogP contribution in [0.25, 0.3) is 0 Å². The number of carboxylic acids is 1. The molecule has 0 bridgehead atoms. The molecule has 4 N–H and O–H groups in total. The maximum absolute atomic E-state index is 12.0. The number of aliphatic carboxylic acids is 1. The minimum atomic E-state index is -1.23. The van der Waals surface area contributed by atoms with Gasteiger partial charge in [-0.3, -0.25) is 14.4 Å². The van der Waals surface area contributed by atoms with Crippen molar-refractivity contribution in [3.8, 4) is 0 Å². The number of carbonyl (C=O) groups is 4. The largest absolute Gasteiger partial charge is 0.480 e. The summed E-state index contributed by atoms with van der Waals surface area (Å²) in [5.41, 5.74) is 4.97. The monoisotopic (exact) mass is 299 g/mol. The Morgan fingerprint density at radius 2 is 2.05 bits per heavy atom. The first-order valence-electron chi connectivity index (χ1n) is 6.83. The van der Waals surface area contributed by atoms with E-state index in [1.165, 1.54) is 0 Å². The molecule has 8 heteroatoms. The molecular weight excluding hydrogens is 278 g/mol. The first-order chi connectivity index (χ1) is 9.72. The van der Waals surface area contributed by atoms with Gasteiger partial charge in [0.2, 0.25) is 17.7 Å². The molecule has 8 nitrogen and oxygen atoms in total. The predicted molar refractivity (Wildman–Crippen MR) is 73.0 cm³/mol. The van der Waals surface area contributed by atoms with E-state index in [4.69, 9.17) is 10.8 Å². The molecule has 1 saturated heterocycles. The Morgan fingerprint density at radius 1 is 1.43 bits per heavy atom. The normalized spacial score (nSPS) is 19.7. The van der Waals surface area contributed by atoms with Gasteiger partial charge in [0.15, 0.2) is 0 Å². The maximum atomic E-state index is 12.0. The van der Waals surface area contributed by atoms with Gasteiger partial charge >= 0.3 is 5.97 Å². The number of carboxylic acid groups (broad SMARTS) is 1. The Labute approximate surface area is 122 Å². The number of nitrogens with one attached hydrogen (secondary N) is 1. The fraction of sp³-hybridized carbons (Fsp3) is 0.692. The van der Waals surface area contributed by atoms with Gasteiger partial charge in [0.1, 0.15) is 6.04 Å². The maximum Gasteiger partial charge on any atom is 0.326 e. The molecule has 118 valence electrons. The fourth-order valence-electron chi connectivity index (χ4n) is 2.24. The van der Waals surface area contributed by atoms with Crippen LogP contribution >= 0.6 is 0 Å². The number of carbonyl (C=O) groups excluding carboxylic acids is 3. The number of amides is 3. The Kier molecular flexibility index (Phi) is 5.69. The smallest absolute Gasteiger partial charge is 0.326 e. The van der Waals surface area contributed by atoms with Crippen molar-refractivity contribution in [1.82, 2.24) is 10.2 Å².